The number of pyridine rings is 1. The Hall–Kier alpha value is -1.40. The summed E-state index contributed by atoms with van der Waals surface area (Å²) in [5.41, 5.74) is 5.72. The van der Waals surface area contributed by atoms with E-state index in [1.54, 1.807) is 0 Å². The Morgan fingerprint density at radius 3 is 3.06 bits per heavy atom. The van der Waals surface area contributed by atoms with Gasteiger partial charge in [-0.2, -0.15) is 0 Å². The van der Waals surface area contributed by atoms with E-state index in [0.29, 0.717) is 12.4 Å². The van der Waals surface area contributed by atoms with Crippen LogP contribution in [0.15, 0.2) is 12.3 Å². The van der Waals surface area contributed by atoms with E-state index in [9.17, 15) is 10.1 Å². The van der Waals surface area contributed by atoms with Crippen LogP contribution in [-0.2, 0) is 0 Å². The van der Waals surface area contributed by atoms with Crippen molar-refractivity contribution >= 4 is 23.1 Å². The van der Waals surface area contributed by atoms with Gasteiger partial charge in [0.05, 0.1) is 4.92 Å². The highest BCUT2D eigenvalue weighted by atomic mass is 35.5. The second-order valence-electron chi connectivity index (χ2n) is 4.07. The van der Waals surface area contributed by atoms with Crippen LogP contribution in [0.25, 0.3) is 0 Å². The molecule has 0 bridgehead atoms. The number of nitro groups is 1. The van der Waals surface area contributed by atoms with Gasteiger partial charge in [-0.15, -0.1) is 0 Å². The lowest BCUT2D eigenvalue weighted by Gasteiger charge is -2.31. The molecule has 1 aromatic rings. The largest absolute Gasteiger partial charge is 0.349 e. The van der Waals surface area contributed by atoms with E-state index in [1.807, 2.05) is 4.90 Å². The Morgan fingerprint density at radius 2 is 2.41 bits per heavy atom. The summed E-state index contributed by atoms with van der Waals surface area (Å²) in [5, 5.41) is 11.1. The van der Waals surface area contributed by atoms with Gasteiger partial charge in [0.2, 0.25) is 5.82 Å². The Labute approximate surface area is 104 Å². The lowest BCUT2D eigenvalue weighted by molar-refractivity contribution is -0.384. The summed E-state index contributed by atoms with van der Waals surface area (Å²) >= 11 is 5.84. The molecule has 1 aliphatic heterocycles. The van der Waals surface area contributed by atoms with E-state index in [2.05, 4.69) is 4.98 Å². The second kappa shape index (κ2) is 4.85. The molecular weight excluding hydrogens is 244 g/mol. The zero-order chi connectivity index (χ0) is 12.4. The fraction of sp³-hybridized carbons (Fsp3) is 0.500. The van der Waals surface area contributed by atoms with E-state index in [1.165, 1.54) is 12.3 Å². The molecule has 0 aromatic carbocycles. The van der Waals surface area contributed by atoms with Crippen molar-refractivity contribution in [2.24, 2.45) is 5.73 Å². The van der Waals surface area contributed by atoms with Crippen molar-refractivity contribution in [1.82, 2.24) is 4.98 Å². The normalized spacial score (nSPS) is 20.4. The lowest BCUT2D eigenvalue weighted by atomic mass is 10.1. The number of halogens is 1. The maximum atomic E-state index is 11.0. The molecule has 0 saturated carbocycles. The zero-order valence-electron chi connectivity index (χ0n) is 9.17. The Morgan fingerprint density at radius 1 is 1.65 bits per heavy atom. The number of hydrogen-bond acceptors (Lipinski definition) is 5. The maximum Gasteiger partial charge on any atom is 0.329 e. The SMILES string of the molecule is N[C@@H]1CCCN(c2nccc(Cl)c2[N+](=O)[O-])C1. The maximum absolute atomic E-state index is 11.0. The molecule has 2 rings (SSSR count). The molecule has 0 amide bonds. The minimum absolute atomic E-state index is 0.0316. The molecule has 1 aliphatic rings. The van der Waals surface area contributed by atoms with Crippen molar-refractivity contribution in [3.8, 4) is 0 Å². The Bertz CT molecular complexity index is 440. The Balaban J connectivity index is 2.37. The first-order chi connectivity index (χ1) is 8.09. The second-order valence-corrected chi connectivity index (χ2v) is 4.48. The summed E-state index contributed by atoms with van der Waals surface area (Å²) in [6, 6.07) is 1.46. The van der Waals surface area contributed by atoms with Crippen LogP contribution in [0.4, 0.5) is 11.5 Å². The first kappa shape index (κ1) is 12.1. The number of piperidine rings is 1. The predicted molar refractivity (Wildman–Crippen MR) is 65.3 cm³/mol. The highest BCUT2D eigenvalue weighted by Gasteiger charge is 2.27. The third-order valence-electron chi connectivity index (χ3n) is 2.80. The molecular formula is C10H13ClN4O2. The molecule has 0 radical (unpaired) electrons. The summed E-state index contributed by atoms with van der Waals surface area (Å²) < 4.78 is 0. The summed E-state index contributed by atoms with van der Waals surface area (Å²) in [6.45, 7) is 1.30. The van der Waals surface area contributed by atoms with Crippen molar-refractivity contribution in [3.05, 3.63) is 27.4 Å². The molecule has 6 nitrogen and oxygen atoms in total. The number of anilines is 1. The monoisotopic (exact) mass is 256 g/mol. The van der Waals surface area contributed by atoms with E-state index < -0.39 is 4.92 Å². The number of hydrogen-bond donors (Lipinski definition) is 1. The topological polar surface area (TPSA) is 85.3 Å². The summed E-state index contributed by atoms with van der Waals surface area (Å²) in [7, 11) is 0. The fourth-order valence-corrected chi connectivity index (χ4v) is 2.23. The molecule has 7 heteroatoms. The van der Waals surface area contributed by atoms with Gasteiger partial charge in [-0.05, 0) is 18.9 Å². The summed E-state index contributed by atoms with van der Waals surface area (Å²) in [6.07, 6.45) is 3.32. The minimum atomic E-state index is -0.495. The van der Waals surface area contributed by atoms with Crippen LogP contribution in [0, 0.1) is 10.1 Å². The van der Waals surface area contributed by atoms with Crippen molar-refractivity contribution < 1.29 is 4.92 Å². The smallest absolute Gasteiger partial charge is 0.329 e. The van der Waals surface area contributed by atoms with Gasteiger partial charge in [0.15, 0.2) is 0 Å². The summed E-state index contributed by atoms with van der Waals surface area (Å²) in [4.78, 5) is 16.4. The molecule has 92 valence electrons. The predicted octanol–water partition coefficient (Wildman–Crippen LogP) is 1.57. The van der Waals surface area contributed by atoms with Crippen LogP contribution in [0.1, 0.15) is 12.8 Å². The molecule has 17 heavy (non-hydrogen) atoms. The fourth-order valence-electron chi connectivity index (χ4n) is 2.02. The molecule has 0 spiro atoms. The van der Waals surface area contributed by atoms with Gasteiger partial charge in [-0.1, -0.05) is 11.6 Å². The van der Waals surface area contributed by atoms with Gasteiger partial charge in [0, 0.05) is 25.3 Å². The van der Waals surface area contributed by atoms with E-state index in [0.717, 1.165) is 19.4 Å². The van der Waals surface area contributed by atoms with Gasteiger partial charge in [0.25, 0.3) is 0 Å². The highest BCUT2D eigenvalue weighted by molar-refractivity contribution is 6.33. The van der Waals surface area contributed by atoms with Gasteiger partial charge in [-0.25, -0.2) is 4.98 Å². The molecule has 1 atom stereocenters. The van der Waals surface area contributed by atoms with Crippen LogP contribution >= 0.6 is 11.6 Å². The zero-order valence-corrected chi connectivity index (χ0v) is 9.93. The van der Waals surface area contributed by atoms with Crippen molar-refractivity contribution in [3.63, 3.8) is 0 Å². The van der Waals surface area contributed by atoms with E-state index in [-0.39, 0.29) is 16.8 Å². The third kappa shape index (κ3) is 2.48. The number of rotatable bonds is 2. The van der Waals surface area contributed by atoms with Crippen LogP contribution < -0.4 is 10.6 Å². The van der Waals surface area contributed by atoms with Gasteiger partial charge < -0.3 is 10.6 Å². The number of nitrogens with two attached hydrogens (primary N) is 1. The third-order valence-corrected chi connectivity index (χ3v) is 3.10. The first-order valence-corrected chi connectivity index (χ1v) is 5.77. The van der Waals surface area contributed by atoms with Crippen LogP contribution in [0.3, 0.4) is 0 Å². The van der Waals surface area contributed by atoms with Crippen molar-refractivity contribution in [2.45, 2.75) is 18.9 Å². The quantitative estimate of drug-likeness (QED) is 0.641. The van der Waals surface area contributed by atoms with E-state index >= 15 is 0 Å². The molecule has 1 aromatic heterocycles. The molecule has 1 fully saturated rings. The molecule has 0 unspecified atom stereocenters. The minimum Gasteiger partial charge on any atom is -0.349 e. The molecule has 2 heterocycles. The van der Waals surface area contributed by atoms with Crippen LogP contribution in [-0.4, -0.2) is 29.0 Å². The molecule has 0 aliphatic carbocycles. The Kier molecular flexibility index (Phi) is 3.44. The van der Waals surface area contributed by atoms with Gasteiger partial charge in [0.1, 0.15) is 5.02 Å². The summed E-state index contributed by atoms with van der Waals surface area (Å²) in [5.74, 6) is 0.317. The van der Waals surface area contributed by atoms with Crippen molar-refractivity contribution in [2.75, 3.05) is 18.0 Å². The number of aromatic nitrogens is 1. The lowest BCUT2D eigenvalue weighted by Crippen LogP contribution is -2.43. The highest BCUT2D eigenvalue weighted by Crippen LogP contribution is 2.33. The van der Waals surface area contributed by atoms with Crippen LogP contribution in [0.2, 0.25) is 5.02 Å². The molecule has 2 N–H and O–H groups in total. The standard InChI is InChI=1S/C10H13ClN4O2/c11-8-3-4-13-10(9(8)15(16)17)14-5-1-2-7(12)6-14/h3-4,7H,1-2,5-6,12H2/t7-/m1/s1. The van der Waals surface area contributed by atoms with E-state index in [4.69, 9.17) is 17.3 Å². The van der Waals surface area contributed by atoms with Gasteiger partial charge in [-0.3, -0.25) is 10.1 Å². The number of nitrogens with zero attached hydrogens (tertiary/aromatic N) is 3. The molecule has 1 saturated heterocycles. The average Bonchev–Trinajstić information content (AvgIpc) is 2.28. The van der Waals surface area contributed by atoms with Crippen molar-refractivity contribution in [1.29, 1.82) is 0 Å². The van der Waals surface area contributed by atoms with Gasteiger partial charge >= 0.3 is 5.69 Å². The first-order valence-electron chi connectivity index (χ1n) is 5.39. The van der Waals surface area contributed by atoms with Crippen LogP contribution in [0.5, 0.6) is 0 Å². The average molecular weight is 257 g/mol.